The van der Waals surface area contributed by atoms with Crippen LogP contribution in [-0.2, 0) is 11.0 Å². The number of hydrazone groups is 1. The minimum Gasteiger partial charge on any atom is -0.450 e. The van der Waals surface area contributed by atoms with Gasteiger partial charge in [0, 0.05) is 17.5 Å². The summed E-state index contributed by atoms with van der Waals surface area (Å²) in [5, 5.41) is 15.5. The Morgan fingerprint density at radius 2 is 1.80 bits per heavy atom. The third kappa shape index (κ3) is 7.50. The average molecular weight is 505 g/mol. The number of nitro benzene ring substituents is 1. The summed E-state index contributed by atoms with van der Waals surface area (Å²) in [6.45, 7) is 3.67. The molecule has 0 atom stereocenters. The Kier molecular flexibility index (Phi) is 8.02. The van der Waals surface area contributed by atoms with E-state index in [-0.39, 0.29) is 23.2 Å². The molecule has 9 nitrogen and oxygen atoms in total. The van der Waals surface area contributed by atoms with Crippen LogP contribution >= 0.6 is 11.8 Å². The molecule has 0 aliphatic heterocycles. The number of nitrogens with one attached hydrogen (secondary N) is 1. The number of carbonyl (C=O) groups excluding carboxylic acids is 1. The normalized spacial score (nSPS) is 11.5. The molecule has 0 bridgehead atoms. The highest BCUT2D eigenvalue weighted by atomic mass is 32.2. The van der Waals surface area contributed by atoms with Crippen molar-refractivity contribution in [3.63, 3.8) is 0 Å². The van der Waals surface area contributed by atoms with Gasteiger partial charge in [0.25, 0.3) is 5.91 Å². The second-order valence-corrected chi connectivity index (χ2v) is 8.07. The summed E-state index contributed by atoms with van der Waals surface area (Å²) in [7, 11) is 0. The second kappa shape index (κ2) is 11.0. The van der Waals surface area contributed by atoms with Gasteiger partial charge in [0.2, 0.25) is 5.75 Å². The first kappa shape index (κ1) is 25.6. The van der Waals surface area contributed by atoms with E-state index >= 15 is 0 Å². The molecule has 1 aromatic heterocycles. The SMILES string of the molecule is Cc1cc(C)nc(SCC(=O)N/N=C\c2ccc(Oc3ccc(C(F)(F)F)cc3[N+](=O)[O-])cc2)n1. The van der Waals surface area contributed by atoms with E-state index in [0.717, 1.165) is 17.5 Å². The van der Waals surface area contributed by atoms with Crippen LogP contribution in [0.2, 0.25) is 0 Å². The molecule has 0 saturated carbocycles. The zero-order chi connectivity index (χ0) is 25.6. The van der Waals surface area contributed by atoms with E-state index in [9.17, 15) is 28.1 Å². The van der Waals surface area contributed by atoms with Gasteiger partial charge in [-0.2, -0.15) is 18.3 Å². The molecule has 0 aliphatic rings. The van der Waals surface area contributed by atoms with Gasteiger partial charge in [0.1, 0.15) is 5.75 Å². The van der Waals surface area contributed by atoms with Gasteiger partial charge in [-0.25, -0.2) is 15.4 Å². The number of thioether (sulfide) groups is 1. The smallest absolute Gasteiger partial charge is 0.416 e. The van der Waals surface area contributed by atoms with Gasteiger partial charge in [-0.05, 0) is 61.9 Å². The fourth-order valence-electron chi connectivity index (χ4n) is 2.77. The predicted octanol–water partition coefficient (Wildman–Crippen LogP) is 5.06. The largest absolute Gasteiger partial charge is 0.450 e. The molecule has 3 aromatic rings. The van der Waals surface area contributed by atoms with E-state index in [1.54, 1.807) is 12.1 Å². The number of aromatic nitrogens is 2. The van der Waals surface area contributed by atoms with Crippen LogP contribution in [0.15, 0.2) is 58.8 Å². The molecule has 182 valence electrons. The standard InChI is InChI=1S/C22H18F3N5O4S/c1-13-9-14(2)28-21(27-13)35-12-20(31)29-26-11-15-3-6-17(7-4-15)34-19-8-5-16(22(23,24)25)10-18(19)30(32)33/h3-11H,12H2,1-2H3,(H,29,31)/b26-11-. The number of hydrogen-bond acceptors (Lipinski definition) is 8. The average Bonchev–Trinajstić information content (AvgIpc) is 2.77. The lowest BCUT2D eigenvalue weighted by atomic mass is 10.2. The molecule has 0 spiro atoms. The van der Waals surface area contributed by atoms with Gasteiger partial charge in [-0.1, -0.05) is 11.8 Å². The predicted molar refractivity (Wildman–Crippen MR) is 123 cm³/mol. The molecule has 0 saturated heterocycles. The molecular formula is C22H18F3N5O4S. The Hall–Kier alpha value is -4.00. The maximum Gasteiger partial charge on any atom is 0.416 e. The van der Waals surface area contributed by atoms with Crippen molar-refractivity contribution >= 4 is 29.6 Å². The first-order valence-electron chi connectivity index (χ1n) is 9.92. The van der Waals surface area contributed by atoms with Gasteiger partial charge in [0.15, 0.2) is 5.16 Å². The van der Waals surface area contributed by atoms with Gasteiger partial charge >= 0.3 is 11.9 Å². The van der Waals surface area contributed by atoms with Crippen molar-refractivity contribution in [3.05, 3.63) is 81.2 Å². The number of hydrogen-bond donors (Lipinski definition) is 1. The quantitative estimate of drug-likeness (QED) is 0.149. The Morgan fingerprint density at radius 3 is 2.40 bits per heavy atom. The van der Waals surface area contributed by atoms with E-state index < -0.39 is 22.4 Å². The lowest BCUT2D eigenvalue weighted by Gasteiger charge is -2.10. The second-order valence-electron chi connectivity index (χ2n) is 7.12. The zero-order valence-electron chi connectivity index (χ0n) is 18.4. The summed E-state index contributed by atoms with van der Waals surface area (Å²) in [5.41, 5.74) is 2.61. The molecule has 0 unspecified atom stereocenters. The van der Waals surface area contributed by atoms with E-state index in [1.807, 2.05) is 19.9 Å². The number of halogens is 3. The van der Waals surface area contributed by atoms with Gasteiger partial charge < -0.3 is 4.74 Å². The Bertz CT molecular complexity index is 1250. The van der Waals surface area contributed by atoms with Crippen LogP contribution in [0.25, 0.3) is 0 Å². The van der Waals surface area contributed by atoms with Crippen LogP contribution in [0.3, 0.4) is 0 Å². The highest BCUT2D eigenvalue weighted by Crippen LogP contribution is 2.37. The number of carbonyl (C=O) groups is 1. The summed E-state index contributed by atoms with van der Waals surface area (Å²) in [6, 6.07) is 9.87. The van der Waals surface area contributed by atoms with Crippen molar-refractivity contribution in [2.24, 2.45) is 5.10 Å². The van der Waals surface area contributed by atoms with E-state index in [0.29, 0.717) is 22.9 Å². The molecule has 0 aliphatic carbocycles. The molecular weight excluding hydrogens is 487 g/mol. The van der Waals surface area contributed by atoms with E-state index in [1.165, 1.54) is 30.1 Å². The van der Waals surface area contributed by atoms with Crippen LogP contribution < -0.4 is 10.2 Å². The minimum atomic E-state index is -4.72. The van der Waals surface area contributed by atoms with E-state index in [2.05, 4.69) is 20.5 Å². The Balaban J connectivity index is 1.57. The van der Waals surface area contributed by atoms with E-state index in [4.69, 9.17) is 4.74 Å². The summed E-state index contributed by atoms with van der Waals surface area (Å²) < 4.78 is 43.9. The number of benzene rings is 2. The molecule has 0 radical (unpaired) electrons. The molecule has 13 heteroatoms. The number of aryl methyl sites for hydroxylation is 2. The maximum atomic E-state index is 12.8. The van der Waals surface area contributed by atoms with Crippen molar-refractivity contribution in [2.45, 2.75) is 25.2 Å². The van der Waals surface area contributed by atoms with Crippen molar-refractivity contribution in [1.29, 1.82) is 0 Å². The zero-order valence-corrected chi connectivity index (χ0v) is 19.2. The third-order valence-corrected chi connectivity index (χ3v) is 5.14. The Labute approximate surface area is 201 Å². The highest BCUT2D eigenvalue weighted by Gasteiger charge is 2.33. The number of ether oxygens (including phenoxy) is 1. The molecule has 0 fully saturated rings. The van der Waals surface area contributed by atoms with Crippen molar-refractivity contribution in [1.82, 2.24) is 15.4 Å². The summed E-state index contributed by atoms with van der Waals surface area (Å²) >= 11 is 1.18. The molecule has 2 aromatic carbocycles. The highest BCUT2D eigenvalue weighted by molar-refractivity contribution is 7.99. The van der Waals surface area contributed by atoms with Crippen LogP contribution in [0.1, 0.15) is 22.5 Å². The summed E-state index contributed by atoms with van der Waals surface area (Å²) in [4.78, 5) is 30.7. The number of alkyl halides is 3. The lowest BCUT2D eigenvalue weighted by Crippen LogP contribution is -2.19. The fraction of sp³-hybridized carbons (Fsp3) is 0.182. The summed E-state index contributed by atoms with van der Waals surface area (Å²) in [5.74, 6) is -0.455. The fourth-order valence-corrected chi connectivity index (χ4v) is 3.51. The number of nitrogens with zero attached hydrogens (tertiary/aromatic N) is 4. The third-order valence-electron chi connectivity index (χ3n) is 4.29. The number of rotatable bonds is 8. The van der Waals surface area contributed by atoms with Crippen molar-refractivity contribution < 1.29 is 27.6 Å². The number of nitro groups is 1. The monoisotopic (exact) mass is 505 g/mol. The molecule has 35 heavy (non-hydrogen) atoms. The lowest BCUT2D eigenvalue weighted by molar-refractivity contribution is -0.385. The maximum absolute atomic E-state index is 12.8. The minimum absolute atomic E-state index is 0.0684. The van der Waals surface area contributed by atoms with Crippen molar-refractivity contribution in [2.75, 3.05) is 5.75 Å². The number of amides is 1. The van der Waals surface area contributed by atoms with Crippen LogP contribution in [0.5, 0.6) is 11.5 Å². The summed E-state index contributed by atoms with van der Waals surface area (Å²) in [6.07, 6.45) is -3.34. The van der Waals surface area contributed by atoms with Gasteiger partial charge in [-0.3, -0.25) is 14.9 Å². The molecule has 1 heterocycles. The van der Waals surface area contributed by atoms with Gasteiger partial charge in [-0.15, -0.1) is 0 Å². The molecule has 3 rings (SSSR count). The molecule has 1 N–H and O–H groups in total. The van der Waals surface area contributed by atoms with Gasteiger partial charge in [0.05, 0.1) is 22.5 Å². The Morgan fingerprint density at radius 1 is 1.14 bits per heavy atom. The molecule has 1 amide bonds. The first-order valence-corrected chi connectivity index (χ1v) is 10.9. The van der Waals surface area contributed by atoms with Crippen molar-refractivity contribution in [3.8, 4) is 11.5 Å². The first-order chi connectivity index (χ1) is 16.5. The topological polar surface area (TPSA) is 120 Å². The van der Waals surface area contributed by atoms with Crippen LogP contribution in [0.4, 0.5) is 18.9 Å². The van der Waals surface area contributed by atoms with Crippen LogP contribution in [-0.4, -0.2) is 32.8 Å². The van der Waals surface area contributed by atoms with Crippen LogP contribution in [0, 0.1) is 24.0 Å².